The summed E-state index contributed by atoms with van der Waals surface area (Å²) < 4.78 is 1.43. The van der Waals surface area contributed by atoms with Gasteiger partial charge in [-0.15, -0.1) is 0 Å². The highest BCUT2D eigenvalue weighted by atomic mass is 16.6. The maximum Gasteiger partial charge on any atom is 0.332 e. The average molecular weight is 311 g/mol. The van der Waals surface area contributed by atoms with Gasteiger partial charge in [-0.2, -0.15) is 0 Å². The lowest BCUT2D eigenvalue weighted by Gasteiger charge is -2.03. The molecule has 0 spiro atoms. The predicted octanol–water partition coefficient (Wildman–Crippen LogP) is 2.91. The van der Waals surface area contributed by atoms with Crippen LogP contribution in [0.15, 0.2) is 54.6 Å². The third-order valence-electron chi connectivity index (χ3n) is 3.64. The molecule has 7 heteroatoms. The van der Waals surface area contributed by atoms with Crippen LogP contribution in [0.5, 0.6) is 0 Å². The molecule has 0 aliphatic heterocycles. The molecule has 0 amide bonds. The predicted molar refractivity (Wildman–Crippen MR) is 82.8 cm³/mol. The van der Waals surface area contributed by atoms with Gasteiger partial charge in [0.25, 0.3) is 5.69 Å². The second kappa shape index (κ2) is 5.45. The fourth-order valence-electron chi connectivity index (χ4n) is 2.50. The number of nitro groups is 1. The number of aromatic nitrogens is 2. The average Bonchev–Trinajstić information content (AvgIpc) is 2.78. The topological polar surface area (TPSA) is 95.2 Å². The third kappa shape index (κ3) is 2.38. The first-order valence-electron chi connectivity index (χ1n) is 6.85. The molecular formula is C16H13N3O4. The molecule has 23 heavy (non-hydrogen) atoms. The number of hydrogen-bond donors (Lipinski definition) is 1. The van der Waals surface area contributed by atoms with E-state index in [0.29, 0.717) is 27.2 Å². The normalized spacial score (nSPS) is 10.7. The number of rotatable bonds is 3. The summed E-state index contributed by atoms with van der Waals surface area (Å²) in [6, 6.07) is 14.5. The highest BCUT2D eigenvalue weighted by Crippen LogP contribution is 2.27. The van der Waals surface area contributed by atoms with Crippen LogP contribution in [0, 0.1) is 22.2 Å². The first-order valence-corrected chi connectivity index (χ1v) is 6.85. The van der Waals surface area contributed by atoms with E-state index in [2.05, 4.69) is 0 Å². The Hall–Kier alpha value is -3.35. The van der Waals surface area contributed by atoms with Crippen LogP contribution in [-0.4, -0.2) is 14.9 Å². The molecule has 0 saturated carbocycles. The summed E-state index contributed by atoms with van der Waals surface area (Å²) in [5.74, 6) is 0.0104. The summed E-state index contributed by atoms with van der Waals surface area (Å²) in [6.07, 6.45) is 0. The van der Waals surface area contributed by atoms with Crippen LogP contribution in [0.4, 0.5) is 5.69 Å². The van der Waals surface area contributed by atoms with Gasteiger partial charge in [-0.1, -0.05) is 30.3 Å². The minimum atomic E-state index is -0.520. The van der Waals surface area contributed by atoms with Crippen LogP contribution in [0.3, 0.4) is 0 Å². The van der Waals surface area contributed by atoms with E-state index in [-0.39, 0.29) is 11.5 Å². The Bertz CT molecular complexity index is 871. The molecule has 0 saturated heterocycles. The lowest BCUT2D eigenvalue weighted by molar-refractivity contribution is -0.600. The van der Waals surface area contributed by atoms with Crippen molar-refractivity contribution in [3.8, 4) is 22.6 Å². The minimum absolute atomic E-state index is 0.0104. The summed E-state index contributed by atoms with van der Waals surface area (Å²) in [5, 5.41) is 33.6. The molecule has 3 aromatic rings. The Morgan fingerprint density at radius 3 is 2.22 bits per heavy atom. The molecule has 116 valence electrons. The van der Waals surface area contributed by atoms with Gasteiger partial charge >= 0.3 is 5.82 Å². The Morgan fingerprint density at radius 1 is 1.04 bits per heavy atom. The molecular weight excluding hydrogens is 298 g/mol. The van der Waals surface area contributed by atoms with Crippen molar-refractivity contribution in [2.75, 3.05) is 0 Å². The number of imidazole rings is 1. The van der Waals surface area contributed by atoms with Crippen LogP contribution in [-0.2, 0) is 0 Å². The lowest BCUT2D eigenvalue weighted by Crippen LogP contribution is -2.30. The highest BCUT2D eigenvalue weighted by Gasteiger charge is 2.27. The van der Waals surface area contributed by atoms with Gasteiger partial charge in [0.15, 0.2) is 5.69 Å². The Labute approximate surface area is 131 Å². The smallest absolute Gasteiger partial charge is 0.332 e. The summed E-state index contributed by atoms with van der Waals surface area (Å²) in [7, 11) is 0. The summed E-state index contributed by atoms with van der Waals surface area (Å²) in [6.45, 7) is 1.61. The van der Waals surface area contributed by atoms with Gasteiger partial charge in [0.2, 0.25) is 5.69 Å². The summed E-state index contributed by atoms with van der Waals surface area (Å²) in [5.41, 5.74) is 1.73. The number of hydrogen-bond acceptors (Lipinski definition) is 4. The van der Waals surface area contributed by atoms with Crippen molar-refractivity contribution < 1.29 is 14.9 Å². The van der Waals surface area contributed by atoms with Crippen molar-refractivity contribution in [1.29, 1.82) is 0 Å². The SMILES string of the molecule is Cc1c(-c2ccccc2)n(O)c(-c2ccc([N+](=O)[O-])cc2)[n+]1[O-]. The standard InChI is InChI=1S/C16H13N3O4/c1-11-15(12-5-3-2-4-6-12)18(21)16(17(11)20)13-7-9-14(10-8-13)19(22)23/h2-10,21H,1H3. The van der Waals surface area contributed by atoms with Crippen molar-refractivity contribution in [3.63, 3.8) is 0 Å². The second-order valence-corrected chi connectivity index (χ2v) is 5.03. The zero-order valence-corrected chi connectivity index (χ0v) is 12.2. The van der Waals surface area contributed by atoms with Gasteiger partial charge < -0.3 is 10.4 Å². The highest BCUT2D eigenvalue weighted by molar-refractivity contribution is 5.66. The van der Waals surface area contributed by atoms with E-state index in [1.165, 1.54) is 24.3 Å². The van der Waals surface area contributed by atoms with Crippen molar-refractivity contribution >= 4 is 5.69 Å². The second-order valence-electron chi connectivity index (χ2n) is 5.03. The van der Waals surface area contributed by atoms with Gasteiger partial charge in [-0.3, -0.25) is 10.1 Å². The van der Waals surface area contributed by atoms with Gasteiger partial charge in [0.05, 0.1) is 10.5 Å². The zero-order valence-electron chi connectivity index (χ0n) is 12.2. The maximum atomic E-state index is 12.4. The van der Waals surface area contributed by atoms with Crippen molar-refractivity contribution in [2.24, 2.45) is 0 Å². The molecule has 0 radical (unpaired) electrons. The van der Waals surface area contributed by atoms with Crippen LogP contribution in [0.2, 0.25) is 0 Å². The number of benzene rings is 2. The monoisotopic (exact) mass is 311 g/mol. The molecule has 0 fully saturated rings. The van der Waals surface area contributed by atoms with Gasteiger partial charge in [0, 0.05) is 24.6 Å². The molecule has 1 heterocycles. The molecule has 0 bridgehead atoms. The van der Waals surface area contributed by atoms with E-state index >= 15 is 0 Å². The molecule has 0 aliphatic carbocycles. The number of nitrogens with zero attached hydrogens (tertiary/aromatic N) is 3. The Kier molecular flexibility index (Phi) is 3.46. The van der Waals surface area contributed by atoms with E-state index in [0.717, 1.165) is 4.73 Å². The summed E-state index contributed by atoms with van der Waals surface area (Å²) >= 11 is 0. The van der Waals surface area contributed by atoms with Crippen LogP contribution in [0.25, 0.3) is 22.6 Å². The minimum Gasteiger partial charge on any atom is -0.710 e. The van der Waals surface area contributed by atoms with E-state index in [1.807, 2.05) is 18.2 Å². The Balaban J connectivity index is 2.16. The van der Waals surface area contributed by atoms with Crippen LogP contribution in [0.1, 0.15) is 5.69 Å². The van der Waals surface area contributed by atoms with Gasteiger partial charge in [-0.25, -0.2) is 4.73 Å². The number of non-ortho nitro benzene ring substituents is 1. The molecule has 0 unspecified atom stereocenters. The van der Waals surface area contributed by atoms with Crippen LogP contribution < -0.4 is 4.73 Å². The molecule has 1 aromatic heterocycles. The van der Waals surface area contributed by atoms with E-state index in [4.69, 9.17) is 0 Å². The van der Waals surface area contributed by atoms with Gasteiger partial charge in [-0.05, 0) is 16.9 Å². The van der Waals surface area contributed by atoms with Crippen molar-refractivity contribution in [2.45, 2.75) is 6.92 Å². The summed E-state index contributed by atoms with van der Waals surface area (Å²) in [4.78, 5) is 10.2. The molecule has 0 aliphatic rings. The molecule has 1 N–H and O–H groups in total. The maximum absolute atomic E-state index is 12.4. The first-order chi connectivity index (χ1) is 11.0. The molecule has 0 atom stereocenters. The van der Waals surface area contributed by atoms with Crippen molar-refractivity contribution in [3.05, 3.63) is 75.6 Å². The lowest BCUT2D eigenvalue weighted by atomic mass is 10.1. The quantitative estimate of drug-likeness (QED) is 0.264. The third-order valence-corrected chi connectivity index (χ3v) is 3.64. The first kappa shape index (κ1) is 14.6. The largest absolute Gasteiger partial charge is 0.710 e. The molecule has 7 nitrogen and oxygen atoms in total. The molecule has 3 rings (SSSR count). The van der Waals surface area contributed by atoms with E-state index in [9.17, 15) is 20.5 Å². The molecule has 2 aromatic carbocycles. The fraction of sp³-hybridized carbons (Fsp3) is 0.0625. The van der Waals surface area contributed by atoms with E-state index < -0.39 is 4.92 Å². The fourth-order valence-corrected chi connectivity index (χ4v) is 2.50. The Morgan fingerprint density at radius 2 is 1.65 bits per heavy atom. The van der Waals surface area contributed by atoms with Crippen LogP contribution >= 0.6 is 0 Å². The zero-order chi connectivity index (χ0) is 16.6. The van der Waals surface area contributed by atoms with Gasteiger partial charge in [0.1, 0.15) is 0 Å². The van der Waals surface area contributed by atoms with Crippen molar-refractivity contribution in [1.82, 2.24) is 4.73 Å². The number of nitro benzene ring substituents is 1. The van der Waals surface area contributed by atoms with E-state index in [1.54, 1.807) is 19.1 Å².